The molecule has 0 spiro atoms. The van der Waals surface area contributed by atoms with Crippen LogP contribution in [0.15, 0.2) is 24.3 Å². The predicted molar refractivity (Wildman–Crippen MR) is 67.2 cm³/mol. The second-order valence-electron chi connectivity index (χ2n) is 4.85. The number of carbonyl (C=O) groups is 1. The highest BCUT2D eigenvalue weighted by Crippen LogP contribution is 2.13. The van der Waals surface area contributed by atoms with Crippen LogP contribution in [-0.2, 0) is 4.74 Å². The van der Waals surface area contributed by atoms with Crippen molar-refractivity contribution in [1.82, 2.24) is 4.90 Å². The number of benzene rings is 1. The van der Waals surface area contributed by atoms with Crippen LogP contribution in [0.1, 0.15) is 24.2 Å². The van der Waals surface area contributed by atoms with Crippen molar-refractivity contribution >= 4 is 5.78 Å². The van der Waals surface area contributed by atoms with Gasteiger partial charge in [-0.2, -0.15) is 0 Å². The van der Waals surface area contributed by atoms with Crippen LogP contribution in [0.5, 0.6) is 0 Å². The molecule has 1 fully saturated rings. The van der Waals surface area contributed by atoms with E-state index in [1.165, 1.54) is 12.1 Å². The van der Waals surface area contributed by atoms with Gasteiger partial charge in [0.2, 0.25) is 0 Å². The molecule has 98 valence electrons. The van der Waals surface area contributed by atoms with E-state index in [0.717, 1.165) is 0 Å². The van der Waals surface area contributed by atoms with Crippen molar-refractivity contribution in [3.8, 4) is 0 Å². The number of nitrogens with zero attached hydrogens (tertiary/aromatic N) is 1. The SMILES string of the molecule is CC1CN(CC(=O)c2ccccc2F)CC(C)O1. The van der Waals surface area contributed by atoms with Crippen molar-refractivity contribution < 1.29 is 13.9 Å². The number of Topliss-reactive ketones (excluding diaryl/α,β-unsaturated/α-hetero) is 1. The van der Waals surface area contributed by atoms with Gasteiger partial charge in [-0.25, -0.2) is 4.39 Å². The lowest BCUT2D eigenvalue weighted by Gasteiger charge is -2.34. The number of ether oxygens (including phenoxy) is 1. The summed E-state index contributed by atoms with van der Waals surface area (Å²) in [5.41, 5.74) is 0.171. The minimum absolute atomic E-state index is 0.113. The van der Waals surface area contributed by atoms with Gasteiger partial charge in [0.15, 0.2) is 5.78 Å². The fraction of sp³-hybridized carbons (Fsp3) is 0.500. The number of ketones is 1. The Morgan fingerprint density at radius 3 is 2.56 bits per heavy atom. The normalized spacial score (nSPS) is 25.1. The summed E-state index contributed by atoms with van der Waals surface area (Å²) in [6.45, 7) is 5.64. The Morgan fingerprint density at radius 1 is 1.33 bits per heavy atom. The first-order chi connectivity index (χ1) is 8.56. The fourth-order valence-electron chi connectivity index (χ4n) is 2.39. The average molecular weight is 251 g/mol. The fourth-order valence-corrected chi connectivity index (χ4v) is 2.39. The van der Waals surface area contributed by atoms with Gasteiger partial charge in [-0.05, 0) is 26.0 Å². The zero-order chi connectivity index (χ0) is 13.1. The number of hydrogen-bond acceptors (Lipinski definition) is 3. The number of halogens is 1. The van der Waals surface area contributed by atoms with Gasteiger partial charge in [0.1, 0.15) is 5.82 Å². The van der Waals surface area contributed by atoms with E-state index < -0.39 is 5.82 Å². The molecule has 2 rings (SSSR count). The molecule has 0 bridgehead atoms. The van der Waals surface area contributed by atoms with Crippen LogP contribution in [0.25, 0.3) is 0 Å². The third-order valence-electron chi connectivity index (χ3n) is 3.04. The minimum atomic E-state index is -0.447. The molecule has 1 heterocycles. The lowest BCUT2D eigenvalue weighted by Crippen LogP contribution is -2.47. The van der Waals surface area contributed by atoms with E-state index in [0.29, 0.717) is 13.1 Å². The van der Waals surface area contributed by atoms with Gasteiger partial charge in [-0.3, -0.25) is 9.69 Å². The maximum absolute atomic E-state index is 13.5. The molecule has 4 heteroatoms. The Kier molecular flexibility index (Phi) is 4.09. The van der Waals surface area contributed by atoms with Crippen LogP contribution in [0.2, 0.25) is 0 Å². The smallest absolute Gasteiger partial charge is 0.179 e. The Balaban J connectivity index is 2.01. The van der Waals surface area contributed by atoms with Gasteiger partial charge in [0, 0.05) is 13.1 Å². The number of hydrogen-bond donors (Lipinski definition) is 0. The van der Waals surface area contributed by atoms with E-state index in [2.05, 4.69) is 0 Å². The lowest BCUT2D eigenvalue weighted by atomic mass is 10.1. The molecule has 0 N–H and O–H groups in total. The van der Waals surface area contributed by atoms with Crippen molar-refractivity contribution in [2.45, 2.75) is 26.1 Å². The second kappa shape index (κ2) is 5.59. The third kappa shape index (κ3) is 3.15. The largest absolute Gasteiger partial charge is 0.373 e. The van der Waals surface area contributed by atoms with Crippen molar-refractivity contribution in [2.75, 3.05) is 19.6 Å². The summed E-state index contributed by atoms with van der Waals surface area (Å²) in [5, 5.41) is 0. The minimum Gasteiger partial charge on any atom is -0.373 e. The molecule has 1 saturated heterocycles. The summed E-state index contributed by atoms with van der Waals surface area (Å²) in [5.74, 6) is -0.619. The third-order valence-corrected chi connectivity index (χ3v) is 3.04. The van der Waals surface area contributed by atoms with E-state index in [9.17, 15) is 9.18 Å². The van der Waals surface area contributed by atoms with Crippen LogP contribution in [-0.4, -0.2) is 42.5 Å². The maximum Gasteiger partial charge on any atom is 0.179 e. The maximum atomic E-state index is 13.5. The Bertz CT molecular complexity index is 426. The Labute approximate surface area is 107 Å². The molecule has 0 radical (unpaired) electrons. The zero-order valence-electron chi connectivity index (χ0n) is 10.7. The van der Waals surface area contributed by atoms with Crippen molar-refractivity contribution in [3.63, 3.8) is 0 Å². The molecule has 1 aliphatic heterocycles. The molecule has 1 aromatic rings. The monoisotopic (exact) mass is 251 g/mol. The van der Waals surface area contributed by atoms with Crippen LogP contribution in [0, 0.1) is 5.82 Å². The molecule has 0 amide bonds. The molecule has 2 unspecified atom stereocenters. The number of morpholine rings is 1. The molecule has 2 atom stereocenters. The molecule has 0 saturated carbocycles. The highest BCUT2D eigenvalue weighted by atomic mass is 19.1. The highest BCUT2D eigenvalue weighted by molar-refractivity contribution is 5.97. The summed E-state index contributed by atoms with van der Waals surface area (Å²) in [6, 6.07) is 6.12. The standard InChI is InChI=1S/C14H18FNO2/c1-10-7-16(8-11(2)18-10)9-14(17)12-5-3-4-6-13(12)15/h3-6,10-11H,7-9H2,1-2H3. The summed E-state index contributed by atoms with van der Waals surface area (Å²) in [6.07, 6.45) is 0.226. The average Bonchev–Trinajstić information content (AvgIpc) is 2.27. The molecule has 0 aromatic heterocycles. The Hall–Kier alpha value is -1.26. The predicted octanol–water partition coefficient (Wildman–Crippen LogP) is 2.12. The molecule has 3 nitrogen and oxygen atoms in total. The molecular formula is C14H18FNO2. The molecule has 1 aromatic carbocycles. The van der Waals surface area contributed by atoms with Gasteiger partial charge >= 0.3 is 0 Å². The van der Waals surface area contributed by atoms with Gasteiger partial charge in [-0.1, -0.05) is 12.1 Å². The van der Waals surface area contributed by atoms with E-state index in [1.54, 1.807) is 12.1 Å². The molecule has 0 aliphatic carbocycles. The first-order valence-electron chi connectivity index (χ1n) is 6.22. The second-order valence-corrected chi connectivity index (χ2v) is 4.85. The summed E-state index contributed by atoms with van der Waals surface area (Å²) in [4.78, 5) is 14.0. The van der Waals surface area contributed by atoms with Gasteiger partial charge in [0.25, 0.3) is 0 Å². The summed E-state index contributed by atoms with van der Waals surface area (Å²) < 4.78 is 19.1. The topological polar surface area (TPSA) is 29.5 Å². The van der Waals surface area contributed by atoms with Crippen LogP contribution in [0.3, 0.4) is 0 Å². The van der Waals surface area contributed by atoms with E-state index in [4.69, 9.17) is 4.74 Å². The van der Waals surface area contributed by atoms with E-state index in [1.807, 2.05) is 18.7 Å². The quantitative estimate of drug-likeness (QED) is 0.771. The van der Waals surface area contributed by atoms with E-state index >= 15 is 0 Å². The zero-order valence-corrected chi connectivity index (χ0v) is 10.7. The van der Waals surface area contributed by atoms with Crippen molar-refractivity contribution in [1.29, 1.82) is 0 Å². The van der Waals surface area contributed by atoms with Gasteiger partial charge in [-0.15, -0.1) is 0 Å². The molecule has 18 heavy (non-hydrogen) atoms. The first-order valence-corrected chi connectivity index (χ1v) is 6.22. The summed E-state index contributed by atoms with van der Waals surface area (Å²) in [7, 11) is 0. The lowest BCUT2D eigenvalue weighted by molar-refractivity contribution is -0.0652. The number of rotatable bonds is 3. The summed E-state index contributed by atoms with van der Waals surface area (Å²) >= 11 is 0. The first kappa shape index (κ1) is 13.2. The highest BCUT2D eigenvalue weighted by Gasteiger charge is 2.24. The van der Waals surface area contributed by atoms with Crippen LogP contribution in [0.4, 0.5) is 4.39 Å². The molecular weight excluding hydrogens is 233 g/mol. The van der Waals surface area contributed by atoms with Crippen molar-refractivity contribution in [2.24, 2.45) is 0 Å². The van der Waals surface area contributed by atoms with Crippen LogP contribution < -0.4 is 0 Å². The van der Waals surface area contributed by atoms with Crippen LogP contribution >= 0.6 is 0 Å². The van der Waals surface area contributed by atoms with Crippen molar-refractivity contribution in [3.05, 3.63) is 35.6 Å². The number of carbonyl (C=O) groups excluding carboxylic acids is 1. The van der Waals surface area contributed by atoms with Gasteiger partial charge in [0.05, 0.1) is 24.3 Å². The molecule has 1 aliphatic rings. The van der Waals surface area contributed by atoms with E-state index in [-0.39, 0.29) is 30.1 Å². The Morgan fingerprint density at radius 2 is 1.94 bits per heavy atom. The van der Waals surface area contributed by atoms with Gasteiger partial charge < -0.3 is 4.74 Å².